The minimum absolute atomic E-state index is 0.0294. The summed E-state index contributed by atoms with van der Waals surface area (Å²) >= 11 is 0. The summed E-state index contributed by atoms with van der Waals surface area (Å²) in [6, 6.07) is 53.5. The zero-order valence-electron chi connectivity index (χ0n) is 27.7. The first-order chi connectivity index (χ1) is 24.1. The Bertz CT molecular complexity index is 2540. The van der Waals surface area contributed by atoms with Crippen LogP contribution >= 0.6 is 0 Å². The molecule has 49 heavy (non-hydrogen) atoms. The normalized spacial score (nSPS) is 14.3. The molecule has 2 aromatic heterocycles. The number of hydrogen-bond donors (Lipinski definition) is 0. The molecule has 0 spiro atoms. The van der Waals surface area contributed by atoms with Gasteiger partial charge in [0.1, 0.15) is 0 Å². The molecule has 0 fully saturated rings. The molecule has 0 saturated heterocycles. The predicted molar refractivity (Wildman–Crippen MR) is 205 cm³/mol. The second-order valence-corrected chi connectivity index (χ2v) is 14.1. The van der Waals surface area contributed by atoms with Crippen molar-refractivity contribution in [3.05, 3.63) is 157 Å². The van der Waals surface area contributed by atoms with Gasteiger partial charge in [0.25, 0.3) is 0 Å². The SMILES string of the molecule is CC1(C)CCN(c2ccccc2)c2cc3c(cc21)-c1ncccc1-c1ccc(-n2c4ccccc4c4ccccc42)cc1-c1ccccc1-3. The van der Waals surface area contributed by atoms with E-state index in [1.54, 1.807) is 0 Å². The molecule has 10 rings (SSSR count). The van der Waals surface area contributed by atoms with Crippen LogP contribution in [0.3, 0.4) is 0 Å². The molecule has 0 unspecified atom stereocenters. The summed E-state index contributed by atoms with van der Waals surface area (Å²) in [5.74, 6) is 0. The summed E-state index contributed by atoms with van der Waals surface area (Å²) in [5, 5.41) is 2.54. The average molecular weight is 630 g/mol. The molecule has 234 valence electrons. The molecule has 0 saturated carbocycles. The van der Waals surface area contributed by atoms with Crippen molar-refractivity contribution >= 4 is 33.2 Å². The minimum atomic E-state index is 0.0294. The van der Waals surface area contributed by atoms with Crippen LogP contribution in [0.15, 0.2) is 152 Å². The van der Waals surface area contributed by atoms with Crippen molar-refractivity contribution in [2.45, 2.75) is 25.7 Å². The standard InChI is InChI=1S/C46H35N3/c1-46(2)24-26-48(30-13-4-3-5-14-30)44-29-39-33-16-7-6-15-32(33)38-27-31(49-42-20-10-8-17-35(42)36-18-9-11-21-43(36)49)22-23-34(38)37-19-12-25-47-45(37)40(39)28-41(44)46/h3-23,25,27-29H,24,26H2,1-2H3. The lowest BCUT2D eigenvalue weighted by Crippen LogP contribution is -2.34. The molecule has 3 nitrogen and oxygen atoms in total. The third kappa shape index (κ3) is 4.18. The quantitative estimate of drug-likeness (QED) is 0.190. The Morgan fingerprint density at radius 2 is 1.12 bits per heavy atom. The molecule has 8 aromatic rings. The van der Waals surface area contributed by atoms with Crippen LogP contribution in [-0.2, 0) is 5.41 Å². The monoisotopic (exact) mass is 629 g/mol. The first-order valence-electron chi connectivity index (χ1n) is 17.3. The highest BCUT2D eigenvalue weighted by atomic mass is 15.1. The summed E-state index contributed by atoms with van der Waals surface area (Å²) < 4.78 is 2.42. The third-order valence-electron chi connectivity index (χ3n) is 10.9. The second-order valence-electron chi connectivity index (χ2n) is 14.1. The summed E-state index contributed by atoms with van der Waals surface area (Å²) in [7, 11) is 0. The van der Waals surface area contributed by atoms with Gasteiger partial charge in [-0.15, -0.1) is 0 Å². The van der Waals surface area contributed by atoms with E-state index in [9.17, 15) is 0 Å². The zero-order chi connectivity index (χ0) is 32.7. The fraction of sp³-hybridized carbons (Fsp3) is 0.109. The Morgan fingerprint density at radius 3 is 1.86 bits per heavy atom. The van der Waals surface area contributed by atoms with Crippen LogP contribution in [0.4, 0.5) is 11.4 Å². The molecule has 1 aliphatic carbocycles. The van der Waals surface area contributed by atoms with E-state index in [2.05, 4.69) is 169 Å². The number of fused-ring (bicyclic) bond motifs is 12. The summed E-state index contributed by atoms with van der Waals surface area (Å²) in [5.41, 5.74) is 17.0. The molecule has 0 atom stereocenters. The minimum Gasteiger partial charge on any atom is -0.341 e. The predicted octanol–water partition coefficient (Wildman–Crippen LogP) is 12.0. The second kappa shape index (κ2) is 10.5. The van der Waals surface area contributed by atoms with E-state index in [1.807, 2.05) is 6.20 Å². The van der Waals surface area contributed by atoms with Crippen LogP contribution in [0, 0.1) is 0 Å². The molecular formula is C46H35N3. The van der Waals surface area contributed by atoms with Gasteiger partial charge in [-0.25, -0.2) is 0 Å². The van der Waals surface area contributed by atoms with E-state index in [4.69, 9.17) is 4.98 Å². The van der Waals surface area contributed by atoms with Crippen LogP contribution in [0.2, 0.25) is 0 Å². The highest BCUT2D eigenvalue weighted by molar-refractivity contribution is 6.10. The maximum atomic E-state index is 5.14. The van der Waals surface area contributed by atoms with Gasteiger partial charge in [-0.3, -0.25) is 4.98 Å². The van der Waals surface area contributed by atoms with Crippen molar-refractivity contribution < 1.29 is 0 Å². The van der Waals surface area contributed by atoms with Crippen molar-refractivity contribution in [2.24, 2.45) is 0 Å². The van der Waals surface area contributed by atoms with Crippen molar-refractivity contribution in [3.8, 4) is 50.3 Å². The Balaban J connectivity index is 1.27. The highest BCUT2D eigenvalue weighted by Crippen LogP contribution is 2.52. The maximum Gasteiger partial charge on any atom is 0.0786 e. The summed E-state index contributed by atoms with van der Waals surface area (Å²) in [6.45, 7) is 5.76. The molecule has 0 radical (unpaired) electrons. The first-order valence-corrected chi connectivity index (χ1v) is 17.3. The number of hydrogen-bond acceptors (Lipinski definition) is 2. The fourth-order valence-electron chi connectivity index (χ4n) is 8.41. The lowest BCUT2D eigenvalue weighted by Gasteiger charge is -2.41. The Labute approximate surface area is 286 Å². The van der Waals surface area contributed by atoms with Crippen LogP contribution in [0.5, 0.6) is 0 Å². The topological polar surface area (TPSA) is 21.1 Å². The van der Waals surface area contributed by atoms with Gasteiger partial charge in [0.05, 0.1) is 16.7 Å². The number of para-hydroxylation sites is 3. The average Bonchev–Trinajstić information content (AvgIpc) is 3.48. The van der Waals surface area contributed by atoms with Crippen molar-refractivity contribution in [3.63, 3.8) is 0 Å². The molecule has 0 amide bonds. The van der Waals surface area contributed by atoms with Gasteiger partial charge in [-0.1, -0.05) is 105 Å². The number of rotatable bonds is 2. The van der Waals surface area contributed by atoms with E-state index in [1.165, 1.54) is 72.1 Å². The van der Waals surface area contributed by atoms with Gasteiger partial charge in [0, 0.05) is 51.7 Å². The molecule has 2 aliphatic rings. The zero-order valence-corrected chi connectivity index (χ0v) is 27.7. The van der Waals surface area contributed by atoms with E-state index >= 15 is 0 Å². The molecule has 6 aromatic carbocycles. The maximum absolute atomic E-state index is 5.14. The van der Waals surface area contributed by atoms with Gasteiger partial charge in [-0.05, 0) is 99.8 Å². The molecule has 0 bridgehead atoms. The lowest BCUT2D eigenvalue weighted by atomic mass is 9.74. The smallest absolute Gasteiger partial charge is 0.0786 e. The Morgan fingerprint density at radius 1 is 0.510 bits per heavy atom. The van der Waals surface area contributed by atoms with Gasteiger partial charge in [-0.2, -0.15) is 0 Å². The summed E-state index contributed by atoms with van der Waals surface area (Å²) in [4.78, 5) is 7.65. The van der Waals surface area contributed by atoms with Crippen LogP contribution in [0.1, 0.15) is 25.8 Å². The number of aromatic nitrogens is 2. The highest BCUT2D eigenvalue weighted by Gasteiger charge is 2.35. The first kappa shape index (κ1) is 28.1. The molecular weight excluding hydrogens is 595 g/mol. The van der Waals surface area contributed by atoms with Crippen molar-refractivity contribution in [2.75, 3.05) is 11.4 Å². The van der Waals surface area contributed by atoms with E-state index < -0.39 is 0 Å². The van der Waals surface area contributed by atoms with Gasteiger partial charge < -0.3 is 9.47 Å². The number of nitrogens with zero attached hydrogens (tertiary/aromatic N) is 3. The molecule has 1 aliphatic heterocycles. The molecule has 3 heteroatoms. The molecule has 3 heterocycles. The van der Waals surface area contributed by atoms with Gasteiger partial charge >= 0.3 is 0 Å². The van der Waals surface area contributed by atoms with Gasteiger partial charge in [0.2, 0.25) is 0 Å². The largest absolute Gasteiger partial charge is 0.341 e. The lowest BCUT2D eigenvalue weighted by molar-refractivity contribution is 0.467. The van der Waals surface area contributed by atoms with Crippen LogP contribution < -0.4 is 4.90 Å². The van der Waals surface area contributed by atoms with Gasteiger partial charge in [0.15, 0.2) is 0 Å². The third-order valence-corrected chi connectivity index (χ3v) is 10.9. The number of benzene rings is 6. The van der Waals surface area contributed by atoms with Crippen LogP contribution in [0.25, 0.3) is 72.1 Å². The summed E-state index contributed by atoms with van der Waals surface area (Å²) in [6.07, 6.45) is 3.02. The Hall–Kier alpha value is -5.93. The van der Waals surface area contributed by atoms with E-state index in [0.717, 1.165) is 29.9 Å². The number of pyridine rings is 1. The number of anilines is 2. The van der Waals surface area contributed by atoms with Crippen molar-refractivity contribution in [1.29, 1.82) is 0 Å². The Kier molecular flexibility index (Phi) is 6.05. The molecule has 0 N–H and O–H groups in total. The fourth-order valence-corrected chi connectivity index (χ4v) is 8.41. The van der Waals surface area contributed by atoms with Crippen LogP contribution in [-0.4, -0.2) is 16.1 Å². The van der Waals surface area contributed by atoms with E-state index in [-0.39, 0.29) is 5.41 Å². The van der Waals surface area contributed by atoms with Crippen molar-refractivity contribution in [1.82, 2.24) is 9.55 Å². The van der Waals surface area contributed by atoms with E-state index in [0.29, 0.717) is 0 Å².